The Morgan fingerprint density at radius 2 is 2.25 bits per heavy atom. The lowest BCUT2D eigenvalue weighted by atomic mass is 10.1. The van der Waals surface area contributed by atoms with Crippen LogP contribution in [0.2, 0.25) is 0 Å². The molecule has 1 atom stereocenters. The van der Waals surface area contributed by atoms with Crippen molar-refractivity contribution in [3.8, 4) is 6.07 Å². The van der Waals surface area contributed by atoms with Crippen LogP contribution in [0.15, 0.2) is 35.3 Å². The van der Waals surface area contributed by atoms with Gasteiger partial charge in [0.1, 0.15) is 0 Å². The van der Waals surface area contributed by atoms with Gasteiger partial charge in [-0.3, -0.25) is 4.79 Å². The highest BCUT2D eigenvalue weighted by molar-refractivity contribution is 9.10. The minimum atomic E-state index is -2.64. The monoisotopic (exact) mass is 342 g/mol. The van der Waals surface area contributed by atoms with Crippen LogP contribution < -0.4 is 0 Å². The maximum Gasteiger partial charge on any atom is 0.258 e. The Morgan fingerprint density at radius 1 is 1.60 bits per heavy atom. The predicted molar refractivity (Wildman–Crippen MR) is 75.1 cm³/mol. The average Bonchev–Trinajstić information content (AvgIpc) is 2.44. The highest BCUT2D eigenvalue weighted by Gasteiger charge is 2.26. The van der Waals surface area contributed by atoms with E-state index in [2.05, 4.69) is 22.5 Å². The molecule has 0 radical (unpaired) electrons. The third kappa shape index (κ3) is 3.87. The molecule has 1 amide bonds. The van der Waals surface area contributed by atoms with Gasteiger partial charge in [0.2, 0.25) is 5.91 Å². The predicted octanol–water partition coefficient (Wildman–Crippen LogP) is 3.49. The fourth-order valence-corrected chi connectivity index (χ4v) is 2.11. The molecule has 0 saturated heterocycles. The van der Waals surface area contributed by atoms with Gasteiger partial charge in [-0.25, -0.2) is 8.78 Å². The molecule has 0 N–H and O–H groups in total. The molecule has 0 fully saturated rings. The third-order valence-electron chi connectivity index (χ3n) is 2.84. The number of nitrogens with zero attached hydrogens (tertiary/aromatic N) is 2. The molecule has 0 spiro atoms. The average molecular weight is 343 g/mol. The van der Waals surface area contributed by atoms with E-state index in [0.29, 0.717) is 15.6 Å². The summed E-state index contributed by atoms with van der Waals surface area (Å²) in [5.41, 5.74) is 1.09. The second-order valence-electron chi connectivity index (χ2n) is 4.16. The number of amides is 1. The van der Waals surface area contributed by atoms with Gasteiger partial charge in [-0.2, -0.15) is 5.26 Å². The van der Waals surface area contributed by atoms with Crippen molar-refractivity contribution in [3.05, 3.63) is 46.5 Å². The Labute approximate surface area is 124 Å². The lowest BCUT2D eigenvalue weighted by molar-refractivity contribution is -0.132. The van der Waals surface area contributed by atoms with Crippen LogP contribution in [0.4, 0.5) is 8.78 Å². The van der Waals surface area contributed by atoms with E-state index in [1.807, 2.05) is 6.07 Å². The quantitative estimate of drug-likeness (QED) is 0.769. The van der Waals surface area contributed by atoms with Gasteiger partial charge in [0.15, 0.2) is 0 Å². The number of hydrogen-bond acceptors (Lipinski definition) is 2. The molecule has 0 heterocycles. The second kappa shape index (κ2) is 7.15. The van der Waals surface area contributed by atoms with Gasteiger partial charge >= 0.3 is 0 Å². The minimum Gasteiger partial charge on any atom is -0.326 e. The van der Waals surface area contributed by atoms with Crippen LogP contribution in [0.5, 0.6) is 0 Å². The summed E-state index contributed by atoms with van der Waals surface area (Å²) in [4.78, 5) is 12.7. The molecule has 0 aromatic heterocycles. The second-order valence-corrected chi connectivity index (χ2v) is 5.02. The van der Waals surface area contributed by atoms with Crippen molar-refractivity contribution in [2.24, 2.45) is 0 Å². The van der Waals surface area contributed by atoms with E-state index in [1.54, 1.807) is 18.2 Å². The van der Waals surface area contributed by atoms with Crippen LogP contribution in [0.3, 0.4) is 0 Å². The lowest BCUT2D eigenvalue weighted by Gasteiger charge is -2.28. The Morgan fingerprint density at radius 3 is 2.70 bits per heavy atom. The van der Waals surface area contributed by atoms with Crippen LogP contribution in [0.1, 0.15) is 18.1 Å². The maximum atomic E-state index is 12.8. The van der Waals surface area contributed by atoms with E-state index < -0.39 is 18.4 Å². The maximum absolute atomic E-state index is 12.8. The molecule has 1 aromatic rings. The molecule has 20 heavy (non-hydrogen) atoms. The molecule has 6 heteroatoms. The lowest BCUT2D eigenvalue weighted by Crippen LogP contribution is -2.41. The molecule has 0 saturated carbocycles. The van der Waals surface area contributed by atoms with E-state index in [9.17, 15) is 13.6 Å². The number of nitriles is 1. The summed E-state index contributed by atoms with van der Waals surface area (Å²) >= 11 is 3.27. The minimum absolute atomic E-state index is 0.0165. The van der Waals surface area contributed by atoms with E-state index in [4.69, 9.17) is 5.26 Å². The summed E-state index contributed by atoms with van der Waals surface area (Å²) in [6.07, 6.45) is -1.63. The Kier molecular flexibility index (Phi) is 5.83. The van der Waals surface area contributed by atoms with Crippen LogP contribution in [-0.4, -0.2) is 23.3 Å². The number of carbonyl (C=O) groups is 1. The van der Waals surface area contributed by atoms with Crippen molar-refractivity contribution in [1.29, 1.82) is 5.26 Å². The molecular formula is C14H13BrF2N2O. The fraction of sp³-hybridized carbons (Fsp3) is 0.286. The zero-order chi connectivity index (χ0) is 15.3. The Bertz CT molecular complexity index is 555. The summed E-state index contributed by atoms with van der Waals surface area (Å²) in [7, 11) is 0. The number of halogens is 3. The first-order chi connectivity index (χ1) is 9.40. The number of alkyl halides is 2. The number of benzene rings is 1. The van der Waals surface area contributed by atoms with Crippen molar-refractivity contribution < 1.29 is 13.6 Å². The normalized spacial score (nSPS) is 11.8. The van der Waals surface area contributed by atoms with E-state index in [0.717, 1.165) is 11.0 Å². The van der Waals surface area contributed by atoms with Gasteiger partial charge in [0, 0.05) is 11.0 Å². The Hall–Kier alpha value is -1.74. The topological polar surface area (TPSA) is 44.1 Å². The van der Waals surface area contributed by atoms with Gasteiger partial charge < -0.3 is 4.90 Å². The number of hydrogen-bond donors (Lipinski definition) is 0. The molecule has 3 nitrogen and oxygen atoms in total. The number of carbonyl (C=O) groups excluding carboxylic acids is 1. The molecule has 0 aliphatic carbocycles. The van der Waals surface area contributed by atoms with Crippen molar-refractivity contribution in [1.82, 2.24) is 4.90 Å². The molecule has 1 rings (SSSR count). The summed E-state index contributed by atoms with van der Waals surface area (Å²) in [5, 5.41) is 8.77. The summed E-state index contributed by atoms with van der Waals surface area (Å²) < 4.78 is 26.2. The SMILES string of the molecule is C=CC(=O)N(Cc1ccc(C#N)cc1Br)[C@H](C)C(F)F. The van der Waals surface area contributed by atoms with Crippen molar-refractivity contribution >= 4 is 21.8 Å². The first-order valence-electron chi connectivity index (χ1n) is 5.80. The zero-order valence-corrected chi connectivity index (χ0v) is 12.4. The smallest absolute Gasteiger partial charge is 0.258 e. The summed E-state index contributed by atoms with van der Waals surface area (Å²) in [6.45, 7) is 4.62. The largest absolute Gasteiger partial charge is 0.326 e. The standard InChI is InChI=1S/C14H13BrF2N2O/c1-3-13(20)19(9(2)14(16)17)8-11-5-4-10(7-18)6-12(11)15/h3-6,9,14H,1,8H2,2H3/t9-/m1/s1. The highest BCUT2D eigenvalue weighted by atomic mass is 79.9. The van der Waals surface area contributed by atoms with Crippen molar-refractivity contribution in [2.45, 2.75) is 25.9 Å². The summed E-state index contributed by atoms with van der Waals surface area (Å²) in [5.74, 6) is -0.561. The van der Waals surface area contributed by atoms with Crippen LogP contribution in [0.25, 0.3) is 0 Å². The van der Waals surface area contributed by atoms with Gasteiger partial charge in [-0.15, -0.1) is 0 Å². The molecule has 0 aliphatic rings. The first-order valence-corrected chi connectivity index (χ1v) is 6.59. The van der Waals surface area contributed by atoms with Gasteiger partial charge in [0.05, 0.1) is 17.7 Å². The highest BCUT2D eigenvalue weighted by Crippen LogP contribution is 2.22. The van der Waals surface area contributed by atoms with Gasteiger partial charge in [-0.05, 0) is 30.7 Å². The molecule has 0 unspecified atom stereocenters. The van der Waals surface area contributed by atoms with E-state index in [-0.39, 0.29) is 6.54 Å². The summed E-state index contributed by atoms with van der Waals surface area (Å²) in [6, 6.07) is 5.54. The van der Waals surface area contributed by atoms with Crippen LogP contribution in [-0.2, 0) is 11.3 Å². The zero-order valence-electron chi connectivity index (χ0n) is 10.8. The van der Waals surface area contributed by atoms with E-state index in [1.165, 1.54) is 6.92 Å². The molecule has 106 valence electrons. The van der Waals surface area contributed by atoms with Gasteiger partial charge in [-0.1, -0.05) is 28.6 Å². The Balaban J connectivity index is 3.04. The third-order valence-corrected chi connectivity index (χ3v) is 3.58. The van der Waals surface area contributed by atoms with Gasteiger partial charge in [0.25, 0.3) is 6.43 Å². The first kappa shape index (κ1) is 16.3. The number of rotatable bonds is 5. The fourth-order valence-electron chi connectivity index (χ4n) is 1.60. The van der Waals surface area contributed by atoms with E-state index >= 15 is 0 Å². The van der Waals surface area contributed by atoms with Crippen molar-refractivity contribution in [2.75, 3.05) is 0 Å². The van der Waals surface area contributed by atoms with Crippen molar-refractivity contribution in [3.63, 3.8) is 0 Å². The molecule has 0 bridgehead atoms. The molecule has 0 aliphatic heterocycles. The molecule has 1 aromatic carbocycles. The van der Waals surface area contributed by atoms with Crippen LogP contribution in [0, 0.1) is 11.3 Å². The van der Waals surface area contributed by atoms with Crippen LogP contribution >= 0.6 is 15.9 Å². The molecular weight excluding hydrogens is 330 g/mol.